The van der Waals surface area contributed by atoms with E-state index in [2.05, 4.69) is 17.3 Å². The van der Waals surface area contributed by atoms with Crippen molar-refractivity contribution in [2.45, 2.75) is 31.2 Å². The van der Waals surface area contributed by atoms with E-state index in [0.717, 1.165) is 6.42 Å². The van der Waals surface area contributed by atoms with Gasteiger partial charge in [0, 0.05) is 25.0 Å². The maximum Gasteiger partial charge on any atom is 0.246 e. The van der Waals surface area contributed by atoms with E-state index in [0.29, 0.717) is 18.2 Å². The van der Waals surface area contributed by atoms with Gasteiger partial charge in [-0.1, -0.05) is 6.92 Å². The highest BCUT2D eigenvalue weighted by molar-refractivity contribution is 7.89. The number of nitrogens with zero attached hydrogens (tertiary/aromatic N) is 2. The number of hydrogen-bond acceptors (Lipinski definition) is 5. The van der Waals surface area contributed by atoms with Crippen molar-refractivity contribution in [2.75, 3.05) is 12.0 Å². The molecular weight excluding hydrogens is 252 g/mol. The molecule has 3 N–H and O–H groups in total. The van der Waals surface area contributed by atoms with Gasteiger partial charge >= 0.3 is 0 Å². The minimum Gasteiger partial charge on any atom is -0.323 e. The lowest BCUT2D eigenvalue weighted by Crippen LogP contribution is -2.34. The number of hydrazine groups is 1. The summed E-state index contributed by atoms with van der Waals surface area (Å²) in [6, 6.07) is 1.56. The first kappa shape index (κ1) is 13.3. The van der Waals surface area contributed by atoms with E-state index in [-0.39, 0.29) is 10.9 Å². The molecule has 6 nitrogen and oxygen atoms in total. The molecule has 1 aliphatic rings. The Morgan fingerprint density at radius 1 is 1.50 bits per heavy atom. The highest BCUT2D eigenvalue weighted by atomic mass is 32.2. The van der Waals surface area contributed by atoms with Crippen molar-refractivity contribution in [1.29, 1.82) is 0 Å². The van der Waals surface area contributed by atoms with E-state index in [1.54, 1.807) is 6.07 Å². The van der Waals surface area contributed by atoms with Crippen LogP contribution >= 0.6 is 0 Å². The molecule has 0 radical (unpaired) electrons. The van der Waals surface area contributed by atoms with Crippen LogP contribution in [0.25, 0.3) is 0 Å². The first-order chi connectivity index (χ1) is 8.46. The highest BCUT2D eigenvalue weighted by Crippen LogP contribution is 2.31. The second-order valence-electron chi connectivity index (χ2n) is 4.78. The van der Waals surface area contributed by atoms with Gasteiger partial charge in [-0.25, -0.2) is 8.42 Å². The number of aromatic nitrogens is 1. The van der Waals surface area contributed by atoms with Gasteiger partial charge < -0.3 is 5.43 Å². The number of hydrogen-bond donors (Lipinski definition) is 2. The summed E-state index contributed by atoms with van der Waals surface area (Å²) >= 11 is 0. The van der Waals surface area contributed by atoms with Crippen molar-refractivity contribution >= 4 is 15.7 Å². The molecule has 18 heavy (non-hydrogen) atoms. The lowest BCUT2D eigenvalue weighted by atomic mass is 10.1. The fraction of sp³-hybridized carbons (Fsp3) is 0.545. The second kappa shape index (κ2) is 4.83. The fourth-order valence-electron chi connectivity index (χ4n) is 2.43. The zero-order chi connectivity index (χ0) is 13.3. The molecule has 2 heterocycles. The van der Waals surface area contributed by atoms with Crippen LogP contribution in [0.2, 0.25) is 0 Å². The van der Waals surface area contributed by atoms with Crippen LogP contribution in [0, 0.1) is 5.92 Å². The van der Waals surface area contributed by atoms with E-state index in [4.69, 9.17) is 5.84 Å². The van der Waals surface area contributed by atoms with Crippen LogP contribution in [0.4, 0.5) is 5.69 Å². The molecule has 2 unspecified atom stereocenters. The number of nitrogens with one attached hydrogen (secondary N) is 1. The Balaban J connectivity index is 2.42. The smallest absolute Gasteiger partial charge is 0.246 e. The zero-order valence-electron chi connectivity index (χ0n) is 10.5. The van der Waals surface area contributed by atoms with Crippen LogP contribution in [0.5, 0.6) is 0 Å². The minimum atomic E-state index is -3.54. The normalized spacial score (nSPS) is 25.3. The van der Waals surface area contributed by atoms with Gasteiger partial charge in [0.1, 0.15) is 4.90 Å². The maximum absolute atomic E-state index is 12.6. The molecular formula is C11H18N4O2S. The molecule has 1 aromatic heterocycles. The molecule has 0 aromatic carbocycles. The fourth-order valence-corrected chi connectivity index (χ4v) is 4.29. The standard InChI is InChI=1S/C11H18N4O2S/c1-8-5-9(2)15(7-8)18(16,17)11-6-13-4-3-10(11)14-12/h3-4,6,8-9H,5,7,12H2,1-2H3,(H,13,14). The molecule has 0 amide bonds. The van der Waals surface area contributed by atoms with E-state index in [1.807, 2.05) is 6.92 Å². The van der Waals surface area contributed by atoms with Crippen LogP contribution in [-0.2, 0) is 10.0 Å². The third kappa shape index (κ3) is 2.21. The average Bonchev–Trinajstić information content (AvgIpc) is 2.69. The predicted octanol–water partition coefficient (Wildman–Crippen LogP) is 0.786. The van der Waals surface area contributed by atoms with Gasteiger partial charge in [-0.3, -0.25) is 10.8 Å². The van der Waals surface area contributed by atoms with E-state index < -0.39 is 10.0 Å². The van der Waals surface area contributed by atoms with Crippen LogP contribution in [0.15, 0.2) is 23.4 Å². The van der Waals surface area contributed by atoms with Crippen LogP contribution < -0.4 is 11.3 Å². The van der Waals surface area contributed by atoms with Gasteiger partial charge in [-0.05, 0) is 25.3 Å². The summed E-state index contributed by atoms with van der Waals surface area (Å²) in [7, 11) is -3.54. The first-order valence-electron chi connectivity index (χ1n) is 5.89. The lowest BCUT2D eigenvalue weighted by molar-refractivity contribution is 0.405. The average molecular weight is 270 g/mol. The number of sulfonamides is 1. The Labute approximate surface area is 107 Å². The van der Waals surface area contributed by atoms with Gasteiger partial charge in [0.15, 0.2) is 0 Å². The molecule has 2 atom stereocenters. The quantitative estimate of drug-likeness (QED) is 0.626. The number of nitrogens with two attached hydrogens (primary N) is 1. The van der Waals surface area contributed by atoms with E-state index in [9.17, 15) is 8.42 Å². The van der Waals surface area contributed by atoms with Crippen LogP contribution in [0.1, 0.15) is 20.3 Å². The van der Waals surface area contributed by atoms with Gasteiger partial charge in [0.05, 0.1) is 5.69 Å². The second-order valence-corrected chi connectivity index (χ2v) is 6.64. The van der Waals surface area contributed by atoms with Crippen molar-refractivity contribution in [3.8, 4) is 0 Å². The molecule has 1 aromatic rings. The minimum absolute atomic E-state index is 0.0100. The van der Waals surface area contributed by atoms with Crippen molar-refractivity contribution < 1.29 is 8.42 Å². The highest BCUT2D eigenvalue weighted by Gasteiger charge is 2.37. The van der Waals surface area contributed by atoms with Crippen molar-refractivity contribution in [2.24, 2.45) is 11.8 Å². The summed E-state index contributed by atoms with van der Waals surface area (Å²) in [6.07, 6.45) is 3.72. The Morgan fingerprint density at radius 3 is 2.78 bits per heavy atom. The largest absolute Gasteiger partial charge is 0.323 e. The summed E-state index contributed by atoms with van der Waals surface area (Å²) in [5.74, 6) is 5.72. The monoisotopic (exact) mass is 270 g/mol. The molecule has 1 saturated heterocycles. The summed E-state index contributed by atoms with van der Waals surface area (Å²) in [5.41, 5.74) is 2.78. The Hall–Kier alpha value is -1.18. The van der Waals surface area contributed by atoms with Crippen LogP contribution in [0.3, 0.4) is 0 Å². The maximum atomic E-state index is 12.6. The molecule has 0 spiro atoms. The molecule has 1 fully saturated rings. The van der Waals surface area contributed by atoms with Gasteiger partial charge in [0.25, 0.3) is 0 Å². The van der Waals surface area contributed by atoms with Gasteiger partial charge in [-0.15, -0.1) is 0 Å². The molecule has 100 valence electrons. The zero-order valence-corrected chi connectivity index (χ0v) is 11.3. The Kier molecular flexibility index (Phi) is 3.56. The molecule has 0 saturated carbocycles. The lowest BCUT2D eigenvalue weighted by Gasteiger charge is -2.22. The molecule has 0 bridgehead atoms. The predicted molar refractivity (Wildman–Crippen MR) is 69.2 cm³/mol. The van der Waals surface area contributed by atoms with Crippen LogP contribution in [-0.4, -0.2) is 30.3 Å². The third-order valence-corrected chi connectivity index (χ3v) is 5.26. The number of pyridine rings is 1. The first-order valence-corrected chi connectivity index (χ1v) is 7.33. The Morgan fingerprint density at radius 2 is 2.22 bits per heavy atom. The van der Waals surface area contributed by atoms with E-state index >= 15 is 0 Å². The third-order valence-electron chi connectivity index (χ3n) is 3.25. The van der Waals surface area contributed by atoms with Crippen molar-refractivity contribution in [3.63, 3.8) is 0 Å². The van der Waals surface area contributed by atoms with E-state index in [1.165, 1.54) is 16.7 Å². The summed E-state index contributed by atoms with van der Waals surface area (Å²) in [6.45, 7) is 4.52. The summed E-state index contributed by atoms with van der Waals surface area (Å²) in [5, 5.41) is 0. The summed E-state index contributed by atoms with van der Waals surface area (Å²) < 4.78 is 26.6. The van der Waals surface area contributed by atoms with Gasteiger partial charge in [0.2, 0.25) is 10.0 Å². The Bertz CT molecular complexity index is 532. The molecule has 2 rings (SSSR count). The molecule has 1 aliphatic heterocycles. The number of nitrogen functional groups attached to an aromatic ring is 1. The summed E-state index contributed by atoms with van der Waals surface area (Å²) in [4.78, 5) is 4.01. The molecule has 7 heteroatoms. The SMILES string of the molecule is CC1CC(C)N(S(=O)(=O)c2cnccc2NN)C1. The van der Waals surface area contributed by atoms with Gasteiger partial charge in [-0.2, -0.15) is 4.31 Å². The van der Waals surface area contributed by atoms with Crippen molar-refractivity contribution in [3.05, 3.63) is 18.5 Å². The number of rotatable bonds is 3. The molecule has 0 aliphatic carbocycles. The topological polar surface area (TPSA) is 88.3 Å². The number of anilines is 1. The van der Waals surface area contributed by atoms with Crippen molar-refractivity contribution in [1.82, 2.24) is 9.29 Å².